The van der Waals surface area contributed by atoms with Crippen LogP contribution in [0.3, 0.4) is 0 Å². The summed E-state index contributed by atoms with van der Waals surface area (Å²) in [5.74, 6) is 0.899. The molecule has 2 saturated carbocycles. The van der Waals surface area contributed by atoms with Gasteiger partial charge in [-0.2, -0.15) is 4.98 Å². The number of aliphatic hydroxyl groups is 1. The lowest BCUT2D eigenvalue weighted by Gasteiger charge is -2.30. The minimum Gasteiger partial charge on any atom is -0.390 e. The van der Waals surface area contributed by atoms with Crippen molar-refractivity contribution in [2.45, 2.75) is 31.9 Å². The fourth-order valence-corrected chi connectivity index (χ4v) is 5.66. The number of nitrogens with zero attached hydrogens (tertiary/aromatic N) is 4. The summed E-state index contributed by atoms with van der Waals surface area (Å²) in [5.41, 5.74) is 0.735. The first-order chi connectivity index (χ1) is 14.4. The Hall–Kier alpha value is -2.52. The number of pyridine rings is 1. The molecule has 0 spiro atoms. The number of amides is 1. The quantitative estimate of drug-likeness (QED) is 0.576. The van der Waals surface area contributed by atoms with E-state index >= 15 is 0 Å². The molecule has 30 heavy (non-hydrogen) atoms. The van der Waals surface area contributed by atoms with Gasteiger partial charge in [0, 0.05) is 24.0 Å². The zero-order valence-electron chi connectivity index (χ0n) is 16.4. The maximum Gasteiger partial charge on any atom is 0.229 e. The van der Waals surface area contributed by atoms with Crippen LogP contribution in [-0.4, -0.2) is 45.1 Å². The lowest BCUT2D eigenvalue weighted by Crippen LogP contribution is -2.44. The Morgan fingerprint density at radius 2 is 2.20 bits per heavy atom. The highest BCUT2D eigenvalue weighted by Gasteiger charge is 2.78. The lowest BCUT2D eigenvalue weighted by atomic mass is 9.90. The van der Waals surface area contributed by atoms with Gasteiger partial charge in [0.15, 0.2) is 11.6 Å². The molecule has 10 heteroatoms. The van der Waals surface area contributed by atoms with Crippen molar-refractivity contribution in [2.24, 2.45) is 17.3 Å². The summed E-state index contributed by atoms with van der Waals surface area (Å²) < 4.78 is 14.6. The smallest absolute Gasteiger partial charge is 0.229 e. The van der Waals surface area contributed by atoms with E-state index in [-0.39, 0.29) is 29.3 Å². The molecular weight excluding hydrogens is 411 g/mol. The summed E-state index contributed by atoms with van der Waals surface area (Å²) in [7, 11) is 0. The van der Waals surface area contributed by atoms with Gasteiger partial charge in [0.2, 0.25) is 12.4 Å². The average Bonchev–Trinajstić information content (AvgIpc) is 3.57. The van der Waals surface area contributed by atoms with Gasteiger partial charge in [-0.25, -0.2) is 9.37 Å². The summed E-state index contributed by atoms with van der Waals surface area (Å²) in [6, 6.07) is 1.61. The third-order valence-electron chi connectivity index (χ3n) is 7.16. The second-order valence-electron chi connectivity index (χ2n) is 8.46. The van der Waals surface area contributed by atoms with E-state index in [1.54, 1.807) is 6.07 Å². The Morgan fingerprint density at radius 3 is 2.87 bits per heavy atom. The first-order valence-electron chi connectivity index (χ1n) is 9.95. The highest BCUT2D eigenvalue weighted by Crippen LogP contribution is 2.74. The number of rotatable bonds is 7. The van der Waals surface area contributed by atoms with Gasteiger partial charge in [0.25, 0.3) is 0 Å². The van der Waals surface area contributed by atoms with Gasteiger partial charge < -0.3 is 20.6 Å². The molecule has 3 atom stereocenters. The van der Waals surface area contributed by atoms with Crippen LogP contribution in [0, 0.1) is 23.1 Å². The van der Waals surface area contributed by atoms with Crippen molar-refractivity contribution in [1.29, 1.82) is 0 Å². The second-order valence-corrected chi connectivity index (χ2v) is 8.87. The van der Waals surface area contributed by atoms with Crippen molar-refractivity contribution < 1.29 is 14.3 Å². The molecule has 3 heterocycles. The summed E-state index contributed by atoms with van der Waals surface area (Å²) in [5, 5.41) is 15.5. The summed E-state index contributed by atoms with van der Waals surface area (Å²) in [6.45, 7) is 3.32. The maximum absolute atomic E-state index is 14.6. The lowest BCUT2D eigenvalue weighted by molar-refractivity contribution is -0.110. The van der Waals surface area contributed by atoms with E-state index in [2.05, 4.69) is 32.5 Å². The van der Waals surface area contributed by atoms with Crippen LogP contribution < -0.4 is 15.5 Å². The molecule has 1 amide bonds. The predicted molar refractivity (Wildman–Crippen MR) is 109 cm³/mol. The van der Waals surface area contributed by atoms with E-state index in [0.29, 0.717) is 41.3 Å². The number of aliphatic hydroxyl groups excluding tert-OH is 1. The van der Waals surface area contributed by atoms with Crippen LogP contribution in [-0.2, 0) is 11.4 Å². The first-order valence-corrected chi connectivity index (χ1v) is 10.3. The molecular formula is C20H22ClFN6O2. The number of hydrogen-bond donors (Lipinski definition) is 3. The molecule has 158 valence electrons. The largest absolute Gasteiger partial charge is 0.390 e. The fourth-order valence-electron chi connectivity index (χ4n) is 5.43. The van der Waals surface area contributed by atoms with Crippen LogP contribution >= 0.6 is 11.6 Å². The molecule has 3 aliphatic rings. The number of piperidine rings is 1. The van der Waals surface area contributed by atoms with E-state index in [1.807, 2.05) is 4.90 Å². The fraction of sp³-hybridized carbons (Fsp3) is 0.500. The molecule has 8 nitrogen and oxygen atoms in total. The molecule has 2 aromatic heterocycles. The van der Waals surface area contributed by atoms with E-state index in [4.69, 9.17) is 11.6 Å². The Balaban J connectivity index is 1.38. The number of aromatic nitrogens is 3. The van der Waals surface area contributed by atoms with Crippen LogP contribution in [0.5, 0.6) is 0 Å². The molecule has 2 aliphatic carbocycles. The molecule has 0 aromatic carbocycles. The molecule has 5 rings (SSSR count). The van der Waals surface area contributed by atoms with Crippen molar-refractivity contribution >= 4 is 35.5 Å². The van der Waals surface area contributed by atoms with Crippen molar-refractivity contribution in [2.75, 3.05) is 23.3 Å². The third kappa shape index (κ3) is 2.75. The topological polar surface area (TPSA) is 103 Å². The SMILES string of the molecule is C[C@@H]1[C@H]2CN(c3nc(Nc4cnc(CO)c(Cl)c4)ncc3F)C[C@]12C1(NC=O)CC1. The van der Waals surface area contributed by atoms with Crippen LogP contribution in [0.25, 0.3) is 0 Å². The molecule has 3 N–H and O–H groups in total. The normalized spacial score (nSPS) is 28.1. The van der Waals surface area contributed by atoms with Crippen LogP contribution in [0.15, 0.2) is 18.5 Å². The Bertz CT molecular complexity index is 1020. The molecule has 1 saturated heterocycles. The first kappa shape index (κ1) is 19.4. The Morgan fingerprint density at radius 1 is 1.40 bits per heavy atom. The van der Waals surface area contributed by atoms with Crippen LogP contribution in [0.1, 0.15) is 25.5 Å². The van der Waals surface area contributed by atoms with Crippen LogP contribution in [0.2, 0.25) is 5.02 Å². The highest BCUT2D eigenvalue weighted by atomic mass is 35.5. The molecule has 2 aromatic rings. The summed E-state index contributed by atoms with van der Waals surface area (Å²) >= 11 is 6.08. The summed E-state index contributed by atoms with van der Waals surface area (Å²) in [6.07, 6.45) is 5.39. The van der Waals surface area contributed by atoms with E-state index in [9.17, 15) is 14.3 Å². The average molecular weight is 433 g/mol. The number of fused-ring (bicyclic) bond motifs is 1. The van der Waals surface area contributed by atoms with Gasteiger partial charge in [-0.1, -0.05) is 18.5 Å². The van der Waals surface area contributed by atoms with Gasteiger partial charge in [0.05, 0.1) is 35.4 Å². The van der Waals surface area contributed by atoms with Gasteiger partial charge in [-0.05, 0) is 30.7 Å². The molecule has 0 bridgehead atoms. The van der Waals surface area contributed by atoms with Gasteiger partial charge >= 0.3 is 0 Å². The van der Waals surface area contributed by atoms with Crippen LogP contribution in [0.4, 0.5) is 21.8 Å². The standard InChI is InChI=1S/C20H22ClFN6O2/c1-11-13-7-28(9-20(11,13)19(2-3-19)25-10-30)17-15(22)6-24-18(27-17)26-12-4-14(21)16(8-29)23-5-12/h4-6,10-11,13,29H,2-3,7-9H2,1H3,(H,25,30)(H,24,26,27)/t11-,13-,20+/m1/s1. The third-order valence-corrected chi connectivity index (χ3v) is 7.49. The Labute approximate surface area is 177 Å². The van der Waals surface area contributed by atoms with Crippen molar-refractivity contribution in [1.82, 2.24) is 20.3 Å². The predicted octanol–water partition coefficient (Wildman–Crippen LogP) is 2.25. The second kappa shape index (κ2) is 6.75. The number of carbonyl (C=O) groups excluding carboxylic acids is 1. The number of halogens is 2. The van der Waals surface area contributed by atoms with Crippen molar-refractivity contribution in [3.05, 3.63) is 35.0 Å². The zero-order chi connectivity index (χ0) is 21.1. The number of hydrogen-bond acceptors (Lipinski definition) is 7. The van der Waals surface area contributed by atoms with Crippen molar-refractivity contribution in [3.63, 3.8) is 0 Å². The maximum atomic E-state index is 14.6. The van der Waals surface area contributed by atoms with Gasteiger partial charge in [-0.3, -0.25) is 9.78 Å². The van der Waals surface area contributed by atoms with E-state index in [0.717, 1.165) is 25.4 Å². The molecule has 0 unspecified atom stereocenters. The Kier molecular flexibility index (Phi) is 4.37. The van der Waals surface area contributed by atoms with Gasteiger partial charge in [0.1, 0.15) is 0 Å². The molecule has 1 aliphatic heterocycles. The zero-order valence-corrected chi connectivity index (χ0v) is 17.2. The van der Waals surface area contributed by atoms with Crippen molar-refractivity contribution in [3.8, 4) is 0 Å². The minimum atomic E-state index is -0.482. The molecule has 3 fully saturated rings. The molecule has 0 radical (unpaired) electrons. The van der Waals surface area contributed by atoms with E-state index in [1.165, 1.54) is 6.20 Å². The van der Waals surface area contributed by atoms with Gasteiger partial charge in [-0.15, -0.1) is 0 Å². The highest BCUT2D eigenvalue weighted by molar-refractivity contribution is 6.31. The number of nitrogens with one attached hydrogen (secondary N) is 2. The number of anilines is 3. The minimum absolute atomic E-state index is 0.0174. The van der Waals surface area contributed by atoms with E-state index < -0.39 is 5.82 Å². The monoisotopic (exact) mass is 432 g/mol. The summed E-state index contributed by atoms with van der Waals surface area (Å²) in [4.78, 5) is 25.6. The number of carbonyl (C=O) groups is 1.